The molecule has 0 spiro atoms. The molecule has 1 aliphatic heterocycles. The van der Waals surface area contributed by atoms with Crippen LogP contribution in [0.5, 0.6) is 0 Å². The number of rotatable bonds is 4. The molecule has 1 N–H and O–H groups in total. The van der Waals surface area contributed by atoms with Crippen molar-refractivity contribution in [2.24, 2.45) is 5.92 Å². The minimum Gasteiger partial charge on any atom is -0.326 e. The van der Waals surface area contributed by atoms with Crippen LogP contribution in [0.4, 0.5) is 5.69 Å². The van der Waals surface area contributed by atoms with Gasteiger partial charge in [0, 0.05) is 31.2 Å². The number of pyridine rings is 1. The third-order valence-electron chi connectivity index (χ3n) is 3.47. The predicted octanol–water partition coefficient (Wildman–Crippen LogP) is 0.444. The number of carbonyl (C=O) groups is 1. The van der Waals surface area contributed by atoms with E-state index in [1.807, 2.05) is 0 Å². The fourth-order valence-electron chi connectivity index (χ4n) is 2.07. The number of sulfonamides is 1. The van der Waals surface area contributed by atoms with E-state index in [1.54, 1.807) is 24.5 Å². The Morgan fingerprint density at radius 1 is 1.26 bits per heavy atom. The quantitative estimate of drug-likeness (QED) is 0.868. The van der Waals surface area contributed by atoms with E-state index < -0.39 is 10.0 Å². The van der Waals surface area contributed by atoms with Crippen LogP contribution in [-0.4, -0.2) is 42.0 Å². The van der Waals surface area contributed by atoms with Gasteiger partial charge in [-0.3, -0.25) is 9.78 Å². The standard InChI is InChI=1S/C12H15N3O3S/c16-12(14-10-3-5-13-6-4-10)9-7-15(8-9)19(17,18)11-1-2-11/h3-6,9,11H,1-2,7-8H2,(H,13,14,16). The highest BCUT2D eigenvalue weighted by Gasteiger charge is 2.46. The monoisotopic (exact) mass is 281 g/mol. The summed E-state index contributed by atoms with van der Waals surface area (Å²) < 4.78 is 25.2. The maximum atomic E-state index is 11.9. The molecule has 2 heterocycles. The average molecular weight is 281 g/mol. The highest BCUT2D eigenvalue weighted by atomic mass is 32.2. The lowest BCUT2D eigenvalue weighted by Gasteiger charge is -2.37. The molecule has 19 heavy (non-hydrogen) atoms. The van der Waals surface area contributed by atoms with Crippen LogP contribution in [0.3, 0.4) is 0 Å². The first-order valence-electron chi connectivity index (χ1n) is 6.27. The molecule has 1 saturated carbocycles. The van der Waals surface area contributed by atoms with E-state index in [2.05, 4.69) is 10.3 Å². The zero-order valence-corrected chi connectivity index (χ0v) is 11.1. The Morgan fingerprint density at radius 3 is 2.47 bits per heavy atom. The lowest BCUT2D eigenvalue weighted by atomic mass is 10.0. The van der Waals surface area contributed by atoms with E-state index in [1.165, 1.54) is 4.31 Å². The van der Waals surface area contributed by atoms with Gasteiger partial charge in [0.2, 0.25) is 15.9 Å². The fraction of sp³-hybridized carbons (Fsp3) is 0.500. The van der Waals surface area contributed by atoms with Crippen molar-refractivity contribution >= 4 is 21.6 Å². The molecule has 1 saturated heterocycles. The van der Waals surface area contributed by atoms with Gasteiger partial charge in [0.05, 0.1) is 11.2 Å². The molecule has 1 aromatic heterocycles. The van der Waals surface area contributed by atoms with Crippen LogP contribution in [0.25, 0.3) is 0 Å². The van der Waals surface area contributed by atoms with Gasteiger partial charge in [0.1, 0.15) is 0 Å². The molecule has 1 aliphatic carbocycles. The molecule has 7 heteroatoms. The molecule has 0 bridgehead atoms. The molecule has 102 valence electrons. The van der Waals surface area contributed by atoms with Gasteiger partial charge in [0.25, 0.3) is 0 Å². The number of hydrogen-bond donors (Lipinski definition) is 1. The van der Waals surface area contributed by atoms with Crippen molar-refractivity contribution < 1.29 is 13.2 Å². The second-order valence-corrected chi connectivity index (χ2v) is 7.20. The van der Waals surface area contributed by atoms with Crippen LogP contribution >= 0.6 is 0 Å². The molecular weight excluding hydrogens is 266 g/mol. The number of nitrogens with one attached hydrogen (secondary N) is 1. The lowest BCUT2D eigenvalue weighted by molar-refractivity contribution is -0.122. The van der Waals surface area contributed by atoms with Crippen molar-refractivity contribution in [1.82, 2.24) is 9.29 Å². The van der Waals surface area contributed by atoms with Crippen molar-refractivity contribution in [1.29, 1.82) is 0 Å². The first kappa shape index (κ1) is 12.6. The molecule has 0 unspecified atom stereocenters. The van der Waals surface area contributed by atoms with Crippen molar-refractivity contribution in [3.8, 4) is 0 Å². The summed E-state index contributed by atoms with van der Waals surface area (Å²) in [6.45, 7) is 0.603. The molecule has 2 fully saturated rings. The summed E-state index contributed by atoms with van der Waals surface area (Å²) >= 11 is 0. The van der Waals surface area contributed by atoms with Crippen LogP contribution in [-0.2, 0) is 14.8 Å². The zero-order valence-electron chi connectivity index (χ0n) is 10.3. The van der Waals surface area contributed by atoms with Crippen LogP contribution in [0.2, 0.25) is 0 Å². The van der Waals surface area contributed by atoms with Gasteiger partial charge < -0.3 is 5.32 Å². The summed E-state index contributed by atoms with van der Waals surface area (Å²) in [5, 5.41) is 2.56. The van der Waals surface area contributed by atoms with Gasteiger partial charge in [-0.05, 0) is 25.0 Å². The van der Waals surface area contributed by atoms with Crippen LogP contribution in [0.15, 0.2) is 24.5 Å². The Labute approximate surface area is 111 Å². The van der Waals surface area contributed by atoms with Crippen molar-refractivity contribution in [2.45, 2.75) is 18.1 Å². The summed E-state index contributed by atoms with van der Waals surface area (Å²) in [6, 6.07) is 3.41. The average Bonchev–Trinajstić information content (AvgIpc) is 3.11. The van der Waals surface area contributed by atoms with Gasteiger partial charge in [-0.15, -0.1) is 0 Å². The summed E-state index contributed by atoms with van der Waals surface area (Å²) in [5.41, 5.74) is 0.684. The molecule has 3 rings (SSSR count). The van der Waals surface area contributed by atoms with Crippen molar-refractivity contribution in [3.63, 3.8) is 0 Å². The third-order valence-corrected chi connectivity index (χ3v) is 5.80. The summed E-state index contributed by atoms with van der Waals surface area (Å²) in [5.74, 6) is -0.380. The van der Waals surface area contributed by atoms with E-state index in [-0.39, 0.29) is 17.1 Å². The molecular formula is C12H15N3O3S. The Kier molecular flexibility index (Phi) is 3.02. The maximum Gasteiger partial charge on any atom is 0.230 e. The normalized spacial score (nSPS) is 20.8. The third kappa shape index (κ3) is 2.48. The van der Waals surface area contributed by atoms with E-state index in [0.29, 0.717) is 18.8 Å². The van der Waals surface area contributed by atoms with Gasteiger partial charge in [-0.25, -0.2) is 8.42 Å². The van der Waals surface area contributed by atoms with E-state index in [4.69, 9.17) is 0 Å². The highest BCUT2D eigenvalue weighted by molar-refractivity contribution is 7.90. The number of aromatic nitrogens is 1. The first-order valence-corrected chi connectivity index (χ1v) is 7.77. The van der Waals surface area contributed by atoms with Gasteiger partial charge >= 0.3 is 0 Å². The molecule has 1 amide bonds. The second kappa shape index (κ2) is 4.57. The summed E-state index contributed by atoms with van der Waals surface area (Å²) in [7, 11) is -3.13. The Morgan fingerprint density at radius 2 is 1.89 bits per heavy atom. The molecule has 2 aliphatic rings. The lowest BCUT2D eigenvalue weighted by Crippen LogP contribution is -2.55. The number of anilines is 1. The van der Waals surface area contributed by atoms with Crippen LogP contribution in [0, 0.1) is 5.92 Å². The molecule has 0 atom stereocenters. The van der Waals surface area contributed by atoms with Crippen molar-refractivity contribution in [3.05, 3.63) is 24.5 Å². The number of carbonyl (C=O) groups excluding carboxylic acids is 1. The van der Waals surface area contributed by atoms with E-state index in [9.17, 15) is 13.2 Å². The summed E-state index contributed by atoms with van der Waals surface area (Å²) in [6.07, 6.45) is 4.71. The Hall–Kier alpha value is -1.47. The van der Waals surface area contributed by atoms with E-state index in [0.717, 1.165) is 12.8 Å². The summed E-state index contributed by atoms with van der Waals surface area (Å²) in [4.78, 5) is 15.8. The van der Waals surface area contributed by atoms with Crippen LogP contribution in [0.1, 0.15) is 12.8 Å². The number of nitrogens with zero attached hydrogens (tertiary/aromatic N) is 2. The highest BCUT2D eigenvalue weighted by Crippen LogP contribution is 2.34. The minimum atomic E-state index is -3.13. The second-order valence-electron chi connectivity index (χ2n) is 4.98. The number of hydrogen-bond acceptors (Lipinski definition) is 4. The van der Waals surface area contributed by atoms with Gasteiger partial charge in [-0.1, -0.05) is 0 Å². The maximum absolute atomic E-state index is 11.9. The van der Waals surface area contributed by atoms with Crippen LogP contribution < -0.4 is 5.32 Å². The zero-order chi connectivity index (χ0) is 13.5. The van der Waals surface area contributed by atoms with Gasteiger partial charge in [0.15, 0.2) is 0 Å². The van der Waals surface area contributed by atoms with Gasteiger partial charge in [-0.2, -0.15) is 4.31 Å². The predicted molar refractivity (Wildman–Crippen MR) is 69.9 cm³/mol. The molecule has 6 nitrogen and oxygen atoms in total. The Balaban J connectivity index is 1.54. The SMILES string of the molecule is O=C(Nc1ccncc1)C1CN(S(=O)(=O)C2CC2)C1. The fourth-order valence-corrected chi connectivity index (χ4v) is 4.00. The molecule has 0 radical (unpaired) electrons. The Bertz CT molecular complexity index is 577. The smallest absolute Gasteiger partial charge is 0.230 e. The van der Waals surface area contributed by atoms with E-state index >= 15 is 0 Å². The largest absolute Gasteiger partial charge is 0.326 e. The molecule has 1 aromatic rings. The number of amides is 1. The first-order chi connectivity index (χ1) is 9.07. The topological polar surface area (TPSA) is 79.4 Å². The van der Waals surface area contributed by atoms with Crippen molar-refractivity contribution in [2.75, 3.05) is 18.4 Å². The molecule has 0 aromatic carbocycles. The minimum absolute atomic E-state index is 0.131.